The van der Waals surface area contributed by atoms with Crippen LogP contribution in [0.2, 0.25) is 0 Å². The molecule has 9 rings (SSSR count). The van der Waals surface area contributed by atoms with Gasteiger partial charge in [0, 0.05) is 19.6 Å². The number of aliphatic hydroxyl groups is 6. The predicted molar refractivity (Wildman–Crippen MR) is 223 cm³/mol. The molecule has 354 valence electrons. The van der Waals surface area contributed by atoms with Crippen LogP contribution in [0.25, 0.3) is 33.5 Å². The lowest BCUT2D eigenvalue weighted by molar-refractivity contribution is -0.138. The third-order valence-electron chi connectivity index (χ3n) is 10.5. The van der Waals surface area contributed by atoms with E-state index in [1.807, 2.05) is 0 Å². The van der Waals surface area contributed by atoms with E-state index in [-0.39, 0.29) is 17.5 Å². The topological polar surface area (TPSA) is 445 Å². The number of ether oxygens (including phenoxy) is 3. The summed E-state index contributed by atoms with van der Waals surface area (Å²) >= 11 is 0. The lowest BCUT2D eigenvalue weighted by Crippen LogP contribution is -2.42. The van der Waals surface area contributed by atoms with Crippen LogP contribution in [0.5, 0.6) is 0 Å². The quantitative estimate of drug-likeness (QED) is 0.0643. The number of carbonyl (C=O) groups excluding carboxylic acids is 3. The smallest absolute Gasteiger partial charge is 0.252 e. The minimum absolute atomic E-state index is 0.192. The molecule has 3 saturated heterocycles. The summed E-state index contributed by atoms with van der Waals surface area (Å²) in [4.78, 5) is 71.4. The third kappa shape index (κ3) is 8.78. The summed E-state index contributed by atoms with van der Waals surface area (Å²) in [6, 6.07) is 0. The van der Waals surface area contributed by atoms with Gasteiger partial charge in [-0.1, -0.05) is 0 Å². The molecular weight excluding hydrogens is 877 g/mol. The number of aliphatic hydroxyl groups excluding tert-OH is 6. The Morgan fingerprint density at radius 1 is 0.470 bits per heavy atom. The molecule has 3 aliphatic heterocycles. The highest BCUT2D eigenvalue weighted by Gasteiger charge is 2.50. The van der Waals surface area contributed by atoms with Crippen LogP contribution < -0.4 is 33.2 Å². The molecule has 6 aromatic heterocycles. The number of fused-ring (bicyclic) bond motifs is 3. The number of nitrogen functional groups attached to an aromatic ring is 3. The van der Waals surface area contributed by atoms with Crippen molar-refractivity contribution in [2.75, 3.05) is 36.8 Å². The Hall–Kier alpha value is -6.90. The summed E-state index contributed by atoms with van der Waals surface area (Å²) in [7, 11) is 0. The number of imidazole rings is 3. The van der Waals surface area contributed by atoms with Crippen molar-refractivity contribution >= 4 is 68.7 Å². The van der Waals surface area contributed by atoms with Crippen LogP contribution in [0.1, 0.15) is 39.5 Å². The van der Waals surface area contributed by atoms with Gasteiger partial charge in [-0.2, -0.15) is 0 Å². The minimum atomic E-state index is -1.35. The number of aromatic nitrogens is 12. The fourth-order valence-electron chi connectivity index (χ4n) is 7.31. The average molecular weight is 925 g/mol. The summed E-state index contributed by atoms with van der Waals surface area (Å²) in [6.07, 6.45) is -6.59. The van der Waals surface area contributed by atoms with Gasteiger partial charge in [0.25, 0.3) is 17.7 Å². The van der Waals surface area contributed by atoms with E-state index in [9.17, 15) is 45.0 Å². The van der Waals surface area contributed by atoms with E-state index in [1.54, 1.807) is 20.8 Å². The number of rotatable bonds is 9. The first-order valence-electron chi connectivity index (χ1n) is 20.3. The third-order valence-corrected chi connectivity index (χ3v) is 10.5. The van der Waals surface area contributed by atoms with Gasteiger partial charge in [0.15, 0.2) is 71.4 Å². The molecule has 66 heavy (non-hydrogen) atoms. The molecule has 9 heterocycles. The zero-order valence-corrected chi connectivity index (χ0v) is 35.2. The van der Waals surface area contributed by atoms with Gasteiger partial charge < -0.3 is 78.0 Å². The molecular formula is C36H48N18O12. The average Bonchev–Trinajstić information content (AvgIpc) is 4.16. The van der Waals surface area contributed by atoms with Crippen LogP contribution in [0.15, 0.2) is 38.0 Å². The molecule has 0 unspecified atom stereocenters. The summed E-state index contributed by atoms with van der Waals surface area (Å²) in [5.74, 6) is -0.897. The molecule has 3 aliphatic rings. The van der Waals surface area contributed by atoms with Gasteiger partial charge in [0.05, 0.1) is 19.0 Å². The number of hydrogen-bond donors (Lipinski definition) is 12. The zero-order chi connectivity index (χ0) is 47.6. The standard InChI is InChI=1S/3C12H16N6O4/c3*1-2-14-11(21)8-6(19)7(20)12(22-8)18-4-17-5-9(13)15-3-16-10(5)18/h3*3-4,6-8,12,19-20H,2H2,1H3,(H,14,21)(H2,13,15,16)/t3*6-,7+,8-,12+/m000/s1. The van der Waals surface area contributed by atoms with Crippen molar-refractivity contribution in [1.82, 2.24) is 74.5 Å². The zero-order valence-electron chi connectivity index (χ0n) is 35.2. The van der Waals surface area contributed by atoms with Crippen molar-refractivity contribution in [3.05, 3.63) is 38.0 Å². The van der Waals surface area contributed by atoms with Crippen molar-refractivity contribution in [3.63, 3.8) is 0 Å². The van der Waals surface area contributed by atoms with E-state index in [0.717, 1.165) is 0 Å². The fraction of sp³-hybridized carbons (Fsp3) is 0.500. The fourth-order valence-corrected chi connectivity index (χ4v) is 7.31. The molecule has 3 amide bonds. The largest absolute Gasteiger partial charge is 0.387 e. The van der Waals surface area contributed by atoms with Gasteiger partial charge in [0.1, 0.15) is 72.2 Å². The molecule has 12 atom stereocenters. The Morgan fingerprint density at radius 2 is 0.727 bits per heavy atom. The van der Waals surface area contributed by atoms with Gasteiger partial charge >= 0.3 is 0 Å². The van der Waals surface area contributed by atoms with Crippen LogP contribution in [0.4, 0.5) is 17.5 Å². The van der Waals surface area contributed by atoms with Crippen LogP contribution >= 0.6 is 0 Å². The number of nitrogens with two attached hydrogens (primary N) is 3. The first kappa shape index (κ1) is 47.1. The van der Waals surface area contributed by atoms with E-state index in [2.05, 4.69) is 60.8 Å². The lowest BCUT2D eigenvalue weighted by atomic mass is 10.1. The molecule has 0 aromatic carbocycles. The molecule has 30 heteroatoms. The second-order valence-corrected chi connectivity index (χ2v) is 14.7. The Balaban J connectivity index is 0.000000147. The second-order valence-electron chi connectivity index (χ2n) is 14.7. The van der Waals surface area contributed by atoms with E-state index in [0.29, 0.717) is 53.1 Å². The summed E-state index contributed by atoms with van der Waals surface area (Å²) in [6.45, 7) is 6.42. The van der Waals surface area contributed by atoms with Gasteiger partial charge in [-0.15, -0.1) is 0 Å². The van der Waals surface area contributed by atoms with Crippen LogP contribution in [0, 0.1) is 0 Å². The van der Waals surface area contributed by atoms with Crippen molar-refractivity contribution in [1.29, 1.82) is 0 Å². The highest BCUT2D eigenvalue weighted by molar-refractivity contribution is 5.85. The normalized spacial score (nSPS) is 28.1. The van der Waals surface area contributed by atoms with Crippen LogP contribution in [0.3, 0.4) is 0 Å². The molecule has 0 spiro atoms. The monoisotopic (exact) mass is 924 g/mol. The van der Waals surface area contributed by atoms with Gasteiger partial charge in [-0.05, 0) is 20.8 Å². The summed E-state index contributed by atoms with van der Waals surface area (Å²) < 4.78 is 20.8. The Bertz CT molecular complexity index is 2400. The molecule has 0 bridgehead atoms. The van der Waals surface area contributed by atoms with Crippen molar-refractivity contribution in [2.45, 2.75) is 94.4 Å². The number of amides is 3. The minimum Gasteiger partial charge on any atom is -0.387 e. The van der Waals surface area contributed by atoms with Crippen molar-refractivity contribution in [3.8, 4) is 0 Å². The SMILES string of the molecule is CCNC(=O)[C@H]1O[C@@H](n2cnc3c(N)ncnc32)[C@H](O)[C@@H]1O.CCNC(=O)[C@H]1O[C@@H](n2cnc3c(N)ncnc32)[C@H](O)[C@@H]1O.CCNC(=O)[C@H]1O[C@@H](n2cnc3c(N)ncnc32)[C@H](O)[C@@H]1O. The number of nitrogens with zero attached hydrogens (tertiary/aromatic N) is 12. The number of likely N-dealkylation sites (N-methyl/N-ethyl adjacent to an activating group) is 3. The number of nitrogens with one attached hydrogen (secondary N) is 3. The van der Waals surface area contributed by atoms with Gasteiger partial charge in [-0.3, -0.25) is 28.1 Å². The van der Waals surface area contributed by atoms with Gasteiger partial charge in [-0.25, -0.2) is 44.9 Å². The van der Waals surface area contributed by atoms with E-state index in [4.69, 9.17) is 31.4 Å². The molecule has 0 radical (unpaired) electrons. The van der Waals surface area contributed by atoms with Crippen LogP contribution in [-0.2, 0) is 28.6 Å². The predicted octanol–water partition coefficient (Wildman–Crippen LogP) is -5.51. The van der Waals surface area contributed by atoms with E-state index >= 15 is 0 Å². The molecule has 0 aliphatic carbocycles. The van der Waals surface area contributed by atoms with Crippen molar-refractivity contribution < 1.29 is 59.2 Å². The number of hydrogen-bond acceptors (Lipinski definition) is 24. The molecule has 30 nitrogen and oxygen atoms in total. The summed E-state index contributed by atoms with van der Waals surface area (Å²) in [5, 5.41) is 68.2. The maximum absolute atomic E-state index is 11.9. The van der Waals surface area contributed by atoms with Crippen molar-refractivity contribution in [2.24, 2.45) is 0 Å². The first-order chi connectivity index (χ1) is 31.6. The van der Waals surface area contributed by atoms with Gasteiger partial charge in [0.2, 0.25) is 0 Å². The number of anilines is 3. The van der Waals surface area contributed by atoms with Crippen LogP contribution in [-0.4, -0.2) is 181 Å². The Kier molecular flexibility index (Phi) is 14.0. The van der Waals surface area contributed by atoms with E-state index < -0.39 is 91.3 Å². The molecule has 15 N–H and O–H groups in total. The second kappa shape index (κ2) is 19.7. The maximum atomic E-state index is 11.9. The lowest BCUT2D eigenvalue weighted by Gasteiger charge is -2.16. The number of carbonyl (C=O) groups is 3. The highest BCUT2D eigenvalue weighted by Crippen LogP contribution is 2.34. The Morgan fingerprint density at radius 3 is 0.970 bits per heavy atom. The first-order valence-corrected chi connectivity index (χ1v) is 20.3. The van der Waals surface area contributed by atoms with E-state index in [1.165, 1.54) is 51.7 Å². The Labute approximate surface area is 371 Å². The molecule has 3 fully saturated rings. The maximum Gasteiger partial charge on any atom is 0.252 e. The highest BCUT2D eigenvalue weighted by atomic mass is 16.6. The molecule has 6 aromatic rings. The summed E-state index contributed by atoms with van der Waals surface area (Å²) in [5.41, 5.74) is 19.2. The molecule has 0 saturated carbocycles.